The highest BCUT2D eigenvalue weighted by molar-refractivity contribution is 5.90. The van der Waals surface area contributed by atoms with Gasteiger partial charge in [0.25, 0.3) is 0 Å². The average molecular weight is 277 g/mol. The Balaban J connectivity index is 2.17. The molecular formula is C14H16FN3O2. The van der Waals surface area contributed by atoms with Crippen LogP contribution in [0.1, 0.15) is 23.2 Å². The van der Waals surface area contributed by atoms with Crippen LogP contribution in [-0.2, 0) is 6.54 Å². The predicted octanol–water partition coefficient (Wildman–Crippen LogP) is 2.05. The Morgan fingerprint density at radius 2 is 2.10 bits per heavy atom. The summed E-state index contributed by atoms with van der Waals surface area (Å²) in [5, 5.41) is 0. The number of nitrogens with two attached hydrogens (primary N) is 1. The molecule has 0 unspecified atom stereocenters. The molecule has 1 aromatic carbocycles. The standard InChI is InChI=1S/C14H16FN3O2/c1-2-18(12-6-4-3-5-11(12)15)9-10-7-8-13(20-10)14(19)17-16/h3-8H,2,9,16H2,1H3,(H,17,19). The van der Waals surface area contributed by atoms with E-state index >= 15 is 0 Å². The number of benzene rings is 1. The van der Waals surface area contributed by atoms with Crippen molar-refractivity contribution in [3.8, 4) is 0 Å². The monoisotopic (exact) mass is 277 g/mol. The lowest BCUT2D eigenvalue weighted by atomic mass is 10.2. The number of nitrogens with zero attached hydrogens (tertiary/aromatic N) is 1. The Kier molecular flexibility index (Phi) is 4.37. The zero-order chi connectivity index (χ0) is 14.5. The number of carbonyl (C=O) groups excluding carboxylic acids is 1. The first kappa shape index (κ1) is 14.1. The van der Waals surface area contributed by atoms with E-state index in [1.54, 1.807) is 24.3 Å². The number of anilines is 1. The zero-order valence-corrected chi connectivity index (χ0v) is 11.1. The van der Waals surface area contributed by atoms with Gasteiger partial charge in [0.1, 0.15) is 11.6 Å². The molecule has 106 valence electrons. The molecule has 0 spiro atoms. The second-order valence-electron chi connectivity index (χ2n) is 4.21. The first-order valence-corrected chi connectivity index (χ1v) is 6.24. The molecular weight excluding hydrogens is 261 g/mol. The van der Waals surface area contributed by atoms with Crippen molar-refractivity contribution in [1.82, 2.24) is 5.43 Å². The molecule has 0 aliphatic heterocycles. The minimum atomic E-state index is -0.495. The van der Waals surface area contributed by atoms with Crippen molar-refractivity contribution in [1.29, 1.82) is 0 Å². The number of nitrogen functional groups attached to an aromatic ring is 1. The number of amides is 1. The van der Waals surface area contributed by atoms with E-state index in [1.807, 2.05) is 17.2 Å². The van der Waals surface area contributed by atoms with Crippen molar-refractivity contribution in [3.63, 3.8) is 0 Å². The first-order chi connectivity index (χ1) is 9.65. The minimum Gasteiger partial charge on any atom is -0.454 e. The van der Waals surface area contributed by atoms with E-state index in [4.69, 9.17) is 10.3 Å². The Morgan fingerprint density at radius 1 is 1.35 bits per heavy atom. The fourth-order valence-corrected chi connectivity index (χ4v) is 1.92. The number of rotatable bonds is 5. The van der Waals surface area contributed by atoms with Gasteiger partial charge in [-0.3, -0.25) is 10.2 Å². The maximum atomic E-state index is 13.8. The molecule has 0 aliphatic rings. The second-order valence-corrected chi connectivity index (χ2v) is 4.21. The van der Waals surface area contributed by atoms with Gasteiger partial charge in [0.05, 0.1) is 12.2 Å². The van der Waals surface area contributed by atoms with Gasteiger partial charge in [-0.05, 0) is 31.2 Å². The third-order valence-corrected chi connectivity index (χ3v) is 2.94. The van der Waals surface area contributed by atoms with Crippen LogP contribution in [0.15, 0.2) is 40.8 Å². The summed E-state index contributed by atoms with van der Waals surface area (Å²) < 4.78 is 19.1. The van der Waals surface area contributed by atoms with Crippen LogP contribution in [0, 0.1) is 5.82 Å². The topological polar surface area (TPSA) is 71.5 Å². The summed E-state index contributed by atoms with van der Waals surface area (Å²) in [6.45, 7) is 2.90. The van der Waals surface area contributed by atoms with Gasteiger partial charge in [0.15, 0.2) is 5.76 Å². The van der Waals surface area contributed by atoms with Crippen LogP contribution in [0.4, 0.5) is 10.1 Å². The molecule has 0 aliphatic carbocycles. The molecule has 2 aromatic rings. The second kappa shape index (κ2) is 6.21. The van der Waals surface area contributed by atoms with Crippen LogP contribution in [0.5, 0.6) is 0 Å². The van der Waals surface area contributed by atoms with E-state index in [0.717, 1.165) is 0 Å². The van der Waals surface area contributed by atoms with Crippen molar-refractivity contribution >= 4 is 11.6 Å². The van der Waals surface area contributed by atoms with E-state index in [-0.39, 0.29) is 11.6 Å². The van der Waals surface area contributed by atoms with Crippen LogP contribution in [0.3, 0.4) is 0 Å². The Bertz CT molecular complexity index is 598. The number of carbonyl (C=O) groups is 1. The van der Waals surface area contributed by atoms with Gasteiger partial charge in [-0.15, -0.1) is 0 Å². The van der Waals surface area contributed by atoms with Gasteiger partial charge in [-0.25, -0.2) is 10.2 Å². The van der Waals surface area contributed by atoms with Crippen LogP contribution in [-0.4, -0.2) is 12.5 Å². The summed E-state index contributed by atoms with van der Waals surface area (Å²) in [5.74, 6) is 4.94. The maximum absolute atomic E-state index is 13.8. The fourth-order valence-electron chi connectivity index (χ4n) is 1.92. The van der Waals surface area contributed by atoms with Gasteiger partial charge in [0, 0.05) is 6.54 Å². The van der Waals surface area contributed by atoms with Crippen LogP contribution < -0.4 is 16.2 Å². The van der Waals surface area contributed by atoms with E-state index in [9.17, 15) is 9.18 Å². The van der Waals surface area contributed by atoms with Crippen LogP contribution in [0.2, 0.25) is 0 Å². The van der Waals surface area contributed by atoms with Crippen molar-refractivity contribution in [2.45, 2.75) is 13.5 Å². The van der Waals surface area contributed by atoms with E-state index < -0.39 is 5.91 Å². The molecule has 1 aromatic heterocycles. The van der Waals surface area contributed by atoms with Crippen molar-refractivity contribution in [2.24, 2.45) is 5.84 Å². The molecule has 20 heavy (non-hydrogen) atoms. The highest BCUT2D eigenvalue weighted by Gasteiger charge is 2.14. The number of halogens is 1. The summed E-state index contributed by atoms with van der Waals surface area (Å²) in [5.41, 5.74) is 2.49. The number of nitrogens with one attached hydrogen (secondary N) is 1. The number of hydrogen-bond acceptors (Lipinski definition) is 4. The molecule has 2 rings (SSSR count). The molecule has 3 N–H and O–H groups in total. The molecule has 5 nitrogen and oxygen atoms in total. The molecule has 0 bridgehead atoms. The summed E-state index contributed by atoms with van der Waals surface area (Å²) in [7, 11) is 0. The lowest BCUT2D eigenvalue weighted by molar-refractivity contribution is 0.0924. The summed E-state index contributed by atoms with van der Waals surface area (Å²) in [4.78, 5) is 13.1. The third-order valence-electron chi connectivity index (χ3n) is 2.94. The largest absolute Gasteiger partial charge is 0.454 e. The molecule has 0 saturated carbocycles. The minimum absolute atomic E-state index is 0.132. The van der Waals surface area contributed by atoms with E-state index in [1.165, 1.54) is 12.1 Å². The number of para-hydroxylation sites is 1. The molecule has 0 atom stereocenters. The van der Waals surface area contributed by atoms with Gasteiger partial charge >= 0.3 is 5.91 Å². The van der Waals surface area contributed by atoms with Gasteiger partial charge in [-0.2, -0.15) is 0 Å². The molecule has 0 saturated heterocycles. The summed E-state index contributed by atoms with van der Waals surface area (Å²) in [6.07, 6.45) is 0. The van der Waals surface area contributed by atoms with Crippen molar-refractivity contribution in [3.05, 3.63) is 53.7 Å². The number of hydrogen-bond donors (Lipinski definition) is 2. The molecule has 1 heterocycles. The number of furan rings is 1. The SMILES string of the molecule is CCN(Cc1ccc(C(=O)NN)o1)c1ccccc1F. The van der Waals surface area contributed by atoms with E-state index in [2.05, 4.69) is 0 Å². The lowest BCUT2D eigenvalue weighted by Crippen LogP contribution is -2.29. The smallest absolute Gasteiger partial charge is 0.300 e. The van der Waals surface area contributed by atoms with Crippen LogP contribution >= 0.6 is 0 Å². The van der Waals surface area contributed by atoms with Gasteiger partial charge in [-0.1, -0.05) is 12.1 Å². The molecule has 6 heteroatoms. The fraction of sp³-hybridized carbons (Fsp3) is 0.214. The molecule has 0 radical (unpaired) electrons. The lowest BCUT2D eigenvalue weighted by Gasteiger charge is -2.22. The van der Waals surface area contributed by atoms with Crippen LogP contribution in [0.25, 0.3) is 0 Å². The predicted molar refractivity (Wildman–Crippen MR) is 73.5 cm³/mol. The Hall–Kier alpha value is -2.34. The Morgan fingerprint density at radius 3 is 2.75 bits per heavy atom. The van der Waals surface area contributed by atoms with E-state index in [0.29, 0.717) is 24.5 Å². The maximum Gasteiger partial charge on any atom is 0.300 e. The molecule has 1 amide bonds. The highest BCUT2D eigenvalue weighted by atomic mass is 19.1. The Labute approximate surface area is 116 Å². The quantitative estimate of drug-likeness (QED) is 0.498. The normalized spacial score (nSPS) is 10.3. The van der Waals surface area contributed by atoms with Gasteiger partial charge in [0.2, 0.25) is 0 Å². The average Bonchev–Trinajstić information content (AvgIpc) is 2.93. The summed E-state index contributed by atoms with van der Waals surface area (Å²) in [6, 6.07) is 9.74. The van der Waals surface area contributed by atoms with Crippen molar-refractivity contribution < 1.29 is 13.6 Å². The third kappa shape index (κ3) is 2.97. The van der Waals surface area contributed by atoms with Gasteiger partial charge < -0.3 is 9.32 Å². The zero-order valence-electron chi connectivity index (χ0n) is 11.1. The highest BCUT2D eigenvalue weighted by Crippen LogP contribution is 2.21. The molecule has 0 fully saturated rings. The number of hydrazine groups is 1. The van der Waals surface area contributed by atoms with Crippen molar-refractivity contribution in [2.75, 3.05) is 11.4 Å². The first-order valence-electron chi connectivity index (χ1n) is 6.24. The summed E-state index contributed by atoms with van der Waals surface area (Å²) >= 11 is 0.